The highest BCUT2D eigenvalue weighted by Gasteiger charge is 2.13. The van der Waals surface area contributed by atoms with Crippen molar-refractivity contribution in [3.63, 3.8) is 0 Å². The van der Waals surface area contributed by atoms with Gasteiger partial charge in [0.25, 0.3) is 0 Å². The third-order valence-corrected chi connectivity index (χ3v) is 5.35. The summed E-state index contributed by atoms with van der Waals surface area (Å²) in [6, 6.07) is 11.0. The fourth-order valence-electron chi connectivity index (χ4n) is 2.46. The average Bonchev–Trinajstić information content (AvgIpc) is 3.39. The standard InChI is InChI=1S/C17H14N6O2S2/c1-11-18-14(10-27-11)12-4-6-13(7-5-12)19-15(24)9-22-17(25)23(21-20-22)16-3-2-8-26-16/h2-8,10H,9H2,1H3,(H,19,24). The number of rotatable bonds is 5. The minimum atomic E-state index is -0.457. The zero-order valence-electron chi connectivity index (χ0n) is 14.2. The summed E-state index contributed by atoms with van der Waals surface area (Å²) in [6.45, 7) is 1.75. The van der Waals surface area contributed by atoms with Gasteiger partial charge < -0.3 is 5.32 Å². The van der Waals surface area contributed by atoms with E-state index in [1.54, 1.807) is 29.5 Å². The van der Waals surface area contributed by atoms with Crippen molar-refractivity contribution < 1.29 is 4.79 Å². The lowest BCUT2D eigenvalue weighted by Gasteiger charge is -2.05. The van der Waals surface area contributed by atoms with Crippen molar-refractivity contribution in [2.24, 2.45) is 0 Å². The molecule has 0 spiro atoms. The summed E-state index contributed by atoms with van der Waals surface area (Å²) in [7, 11) is 0. The average molecular weight is 398 g/mol. The Morgan fingerprint density at radius 1 is 1.15 bits per heavy atom. The molecule has 0 saturated heterocycles. The van der Waals surface area contributed by atoms with E-state index in [4.69, 9.17) is 0 Å². The number of tetrazole rings is 1. The van der Waals surface area contributed by atoms with Crippen molar-refractivity contribution in [1.29, 1.82) is 0 Å². The number of thiophene rings is 1. The smallest absolute Gasteiger partial charge is 0.324 e. The Labute approximate surface area is 161 Å². The van der Waals surface area contributed by atoms with Gasteiger partial charge in [0.1, 0.15) is 11.5 Å². The van der Waals surface area contributed by atoms with Crippen LogP contribution in [0.2, 0.25) is 0 Å². The van der Waals surface area contributed by atoms with E-state index in [0.717, 1.165) is 20.9 Å². The van der Waals surface area contributed by atoms with Gasteiger partial charge in [-0.05, 0) is 47.0 Å². The van der Waals surface area contributed by atoms with Crippen LogP contribution in [0.15, 0.2) is 52.0 Å². The molecule has 0 aliphatic heterocycles. The topological polar surface area (TPSA) is 94.7 Å². The Hall–Kier alpha value is -3.11. The number of aromatic nitrogens is 5. The second-order valence-corrected chi connectivity index (χ2v) is 7.65. The van der Waals surface area contributed by atoms with Gasteiger partial charge in [-0.25, -0.2) is 9.78 Å². The van der Waals surface area contributed by atoms with Crippen LogP contribution in [0.3, 0.4) is 0 Å². The maximum atomic E-state index is 12.3. The molecule has 4 aromatic rings. The molecule has 0 unspecified atom stereocenters. The number of anilines is 1. The quantitative estimate of drug-likeness (QED) is 0.557. The second kappa shape index (κ2) is 7.25. The number of benzene rings is 1. The van der Waals surface area contributed by atoms with Crippen molar-refractivity contribution in [3.8, 4) is 16.3 Å². The molecule has 0 fully saturated rings. The number of thiazole rings is 1. The number of amides is 1. The molecule has 136 valence electrons. The van der Waals surface area contributed by atoms with Crippen LogP contribution in [0.1, 0.15) is 5.01 Å². The van der Waals surface area contributed by atoms with Gasteiger partial charge in [-0.15, -0.1) is 22.7 Å². The lowest BCUT2D eigenvalue weighted by atomic mass is 10.1. The highest BCUT2D eigenvalue weighted by Crippen LogP contribution is 2.23. The van der Waals surface area contributed by atoms with Crippen LogP contribution in [0.25, 0.3) is 16.3 Å². The third kappa shape index (κ3) is 3.71. The normalized spacial score (nSPS) is 10.9. The minimum Gasteiger partial charge on any atom is -0.324 e. The largest absolute Gasteiger partial charge is 0.369 e. The summed E-state index contributed by atoms with van der Waals surface area (Å²) in [5.41, 5.74) is 2.07. The molecule has 10 heteroatoms. The van der Waals surface area contributed by atoms with E-state index in [-0.39, 0.29) is 12.5 Å². The first-order valence-electron chi connectivity index (χ1n) is 7.99. The molecular weight excluding hydrogens is 384 g/mol. The van der Waals surface area contributed by atoms with Crippen LogP contribution in [-0.2, 0) is 11.3 Å². The number of carbonyl (C=O) groups excluding carboxylic acids is 1. The minimum absolute atomic E-state index is 0.211. The number of hydrogen-bond donors (Lipinski definition) is 1. The molecule has 0 saturated carbocycles. The first-order chi connectivity index (χ1) is 13.1. The second-order valence-electron chi connectivity index (χ2n) is 5.66. The van der Waals surface area contributed by atoms with Gasteiger partial charge in [0.15, 0.2) is 0 Å². The summed E-state index contributed by atoms with van der Waals surface area (Å²) in [5.74, 6) is -0.354. The molecular formula is C17H14N6O2S2. The Morgan fingerprint density at radius 2 is 1.96 bits per heavy atom. The van der Waals surface area contributed by atoms with Gasteiger partial charge >= 0.3 is 5.69 Å². The molecule has 4 rings (SSSR count). The van der Waals surface area contributed by atoms with Gasteiger partial charge in [-0.2, -0.15) is 9.36 Å². The van der Waals surface area contributed by atoms with E-state index in [1.807, 2.05) is 35.9 Å². The number of hydrogen-bond acceptors (Lipinski definition) is 7. The van der Waals surface area contributed by atoms with Gasteiger partial charge in [0.2, 0.25) is 5.91 Å². The highest BCUT2D eigenvalue weighted by molar-refractivity contribution is 7.12. The van der Waals surface area contributed by atoms with Crippen molar-refractivity contribution >= 4 is 34.3 Å². The summed E-state index contributed by atoms with van der Waals surface area (Å²) in [5, 5.41) is 15.8. The van der Waals surface area contributed by atoms with Gasteiger partial charge in [0.05, 0.1) is 10.7 Å². The molecule has 8 nitrogen and oxygen atoms in total. The first kappa shape index (κ1) is 17.3. The summed E-state index contributed by atoms with van der Waals surface area (Å²) in [4.78, 5) is 28.9. The summed E-state index contributed by atoms with van der Waals surface area (Å²) >= 11 is 2.96. The summed E-state index contributed by atoms with van der Waals surface area (Å²) in [6.07, 6.45) is 0. The van der Waals surface area contributed by atoms with Crippen molar-refractivity contribution in [3.05, 3.63) is 62.7 Å². The fourth-order valence-corrected chi connectivity index (χ4v) is 3.75. The molecule has 1 amide bonds. The molecule has 0 radical (unpaired) electrons. The first-order valence-corrected chi connectivity index (χ1v) is 9.75. The molecule has 27 heavy (non-hydrogen) atoms. The van der Waals surface area contributed by atoms with E-state index in [0.29, 0.717) is 10.7 Å². The number of nitrogens with one attached hydrogen (secondary N) is 1. The molecule has 0 aliphatic rings. The zero-order chi connectivity index (χ0) is 18.8. The van der Waals surface area contributed by atoms with Gasteiger partial charge in [-0.3, -0.25) is 4.79 Å². The monoisotopic (exact) mass is 398 g/mol. The molecule has 0 atom stereocenters. The van der Waals surface area contributed by atoms with Crippen LogP contribution in [0.4, 0.5) is 5.69 Å². The lowest BCUT2D eigenvalue weighted by molar-refractivity contribution is -0.117. The lowest BCUT2D eigenvalue weighted by Crippen LogP contribution is -2.29. The Balaban J connectivity index is 1.43. The Bertz CT molecular complexity index is 1130. The SMILES string of the molecule is Cc1nc(-c2ccc(NC(=O)Cn3nnn(-c4cccs4)c3=O)cc2)cs1. The van der Waals surface area contributed by atoms with Crippen molar-refractivity contribution in [2.75, 3.05) is 5.32 Å². The maximum Gasteiger partial charge on any atom is 0.369 e. The molecule has 0 aliphatic carbocycles. The van der Waals surface area contributed by atoms with Gasteiger partial charge in [-0.1, -0.05) is 12.1 Å². The number of nitrogens with zero attached hydrogens (tertiary/aromatic N) is 5. The third-order valence-electron chi connectivity index (χ3n) is 3.73. The fraction of sp³-hybridized carbons (Fsp3) is 0.118. The van der Waals surface area contributed by atoms with Crippen LogP contribution >= 0.6 is 22.7 Å². The van der Waals surface area contributed by atoms with Crippen LogP contribution in [0.5, 0.6) is 0 Å². The number of carbonyl (C=O) groups is 1. The van der Waals surface area contributed by atoms with E-state index in [9.17, 15) is 9.59 Å². The Morgan fingerprint density at radius 3 is 2.63 bits per heavy atom. The van der Waals surface area contributed by atoms with E-state index in [2.05, 4.69) is 20.7 Å². The van der Waals surface area contributed by atoms with Crippen LogP contribution in [0, 0.1) is 6.92 Å². The predicted molar refractivity (Wildman–Crippen MR) is 104 cm³/mol. The van der Waals surface area contributed by atoms with Crippen molar-refractivity contribution in [1.82, 2.24) is 24.8 Å². The van der Waals surface area contributed by atoms with Gasteiger partial charge in [0, 0.05) is 16.6 Å². The maximum absolute atomic E-state index is 12.3. The molecule has 3 heterocycles. The predicted octanol–water partition coefficient (Wildman–Crippen LogP) is 2.56. The zero-order valence-corrected chi connectivity index (χ0v) is 15.8. The highest BCUT2D eigenvalue weighted by atomic mass is 32.1. The molecule has 1 N–H and O–H groups in total. The summed E-state index contributed by atoms with van der Waals surface area (Å²) < 4.78 is 2.20. The van der Waals surface area contributed by atoms with Crippen LogP contribution in [-0.4, -0.2) is 30.7 Å². The van der Waals surface area contributed by atoms with E-state index < -0.39 is 5.69 Å². The Kier molecular flexibility index (Phi) is 4.65. The molecule has 0 bridgehead atoms. The molecule has 1 aromatic carbocycles. The number of aryl methyl sites for hydroxylation is 1. The molecule has 3 aromatic heterocycles. The van der Waals surface area contributed by atoms with E-state index >= 15 is 0 Å². The van der Waals surface area contributed by atoms with E-state index in [1.165, 1.54) is 16.0 Å². The van der Waals surface area contributed by atoms with Crippen molar-refractivity contribution in [2.45, 2.75) is 13.5 Å². The van der Waals surface area contributed by atoms with Crippen LogP contribution < -0.4 is 11.0 Å².